The zero-order valence-electron chi connectivity index (χ0n) is 15.6. The molecule has 0 atom stereocenters. The van der Waals surface area contributed by atoms with E-state index >= 15 is 0 Å². The fraction of sp³-hybridized carbons (Fsp3) is 0.0909. The second kappa shape index (κ2) is 7.18. The minimum atomic E-state index is -3.99. The second-order valence-electron chi connectivity index (χ2n) is 6.70. The molecule has 146 valence electrons. The van der Waals surface area contributed by atoms with E-state index in [2.05, 4.69) is 5.32 Å². The molecule has 0 radical (unpaired) electrons. The van der Waals surface area contributed by atoms with Crippen molar-refractivity contribution in [3.8, 4) is 11.1 Å². The van der Waals surface area contributed by atoms with Gasteiger partial charge in [0.05, 0.1) is 17.1 Å². The number of sulfonamides is 1. The number of benzene rings is 3. The van der Waals surface area contributed by atoms with Crippen LogP contribution in [-0.2, 0) is 14.8 Å². The van der Waals surface area contributed by atoms with E-state index < -0.39 is 10.0 Å². The van der Waals surface area contributed by atoms with Crippen LogP contribution in [0.25, 0.3) is 11.1 Å². The minimum absolute atomic E-state index is 0.0418. The average Bonchev–Trinajstić information content (AvgIpc) is 2.84. The first-order valence-electron chi connectivity index (χ1n) is 9.00. The number of para-hydroxylation sites is 1. The van der Waals surface area contributed by atoms with Crippen LogP contribution in [0, 0.1) is 0 Å². The number of carbonyl (C=O) groups excluding carboxylic acids is 2. The van der Waals surface area contributed by atoms with Gasteiger partial charge in [0.25, 0.3) is 10.0 Å². The van der Waals surface area contributed by atoms with Crippen molar-refractivity contribution in [2.24, 2.45) is 0 Å². The van der Waals surface area contributed by atoms with Gasteiger partial charge in [-0.05, 0) is 35.9 Å². The lowest BCUT2D eigenvalue weighted by molar-refractivity contribution is -0.114. The number of carbonyl (C=O) groups is 2. The first kappa shape index (κ1) is 18.9. The molecule has 3 aromatic carbocycles. The number of fused-ring (bicyclic) bond motifs is 3. The van der Waals surface area contributed by atoms with Crippen LogP contribution in [0.1, 0.15) is 17.3 Å². The van der Waals surface area contributed by atoms with Gasteiger partial charge >= 0.3 is 0 Å². The SMILES string of the molecule is CC(=O)Nc1ccc(S(=O)(=O)N2CC(=O)c3ccccc3-c3ccccc32)cc1. The highest BCUT2D eigenvalue weighted by molar-refractivity contribution is 7.92. The molecule has 0 aromatic heterocycles. The van der Waals surface area contributed by atoms with Crippen LogP contribution < -0.4 is 9.62 Å². The van der Waals surface area contributed by atoms with Gasteiger partial charge in [-0.2, -0.15) is 0 Å². The van der Waals surface area contributed by atoms with Crippen LogP contribution in [0.2, 0.25) is 0 Å². The minimum Gasteiger partial charge on any atom is -0.326 e. The van der Waals surface area contributed by atoms with Gasteiger partial charge in [0, 0.05) is 23.7 Å². The van der Waals surface area contributed by atoms with Crippen LogP contribution in [0.5, 0.6) is 0 Å². The number of hydrogen-bond donors (Lipinski definition) is 1. The number of ketones is 1. The molecule has 0 saturated heterocycles. The molecule has 4 rings (SSSR count). The average molecular weight is 406 g/mol. The van der Waals surface area contributed by atoms with E-state index in [9.17, 15) is 18.0 Å². The molecule has 1 heterocycles. The molecule has 0 spiro atoms. The lowest BCUT2D eigenvalue weighted by Gasteiger charge is -2.24. The molecular weight excluding hydrogens is 388 g/mol. The summed E-state index contributed by atoms with van der Waals surface area (Å²) in [5, 5.41) is 2.61. The summed E-state index contributed by atoms with van der Waals surface area (Å²) in [6.45, 7) is 1.09. The summed E-state index contributed by atoms with van der Waals surface area (Å²) in [5.74, 6) is -0.513. The zero-order valence-corrected chi connectivity index (χ0v) is 16.4. The highest BCUT2D eigenvalue weighted by Gasteiger charge is 2.32. The predicted molar refractivity (Wildman–Crippen MR) is 111 cm³/mol. The fourth-order valence-corrected chi connectivity index (χ4v) is 4.88. The third-order valence-electron chi connectivity index (χ3n) is 4.74. The predicted octanol–water partition coefficient (Wildman–Crippen LogP) is 3.70. The van der Waals surface area contributed by atoms with Gasteiger partial charge in [0.2, 0.25) is 5.91 Å². The smallest absolute Gasteiger partial charge is 0.264 e. The molecule has 0 aliphatic carbocycles. The Morgan fingerprint density at radius 1 is 0.862 bits per heavy atom. The molecule has 3 aromatic rings. The fourth-order valence-electron chi connectivity index (χ4n) is 3.44. The van der Waals surface area contributed by atoms with Crippen molar-refractivity contribution in [3.63, 3.8) is 0 Å². The lowest BCUT2D eigenvalue weighted by Crippen LogP contribution is -2.35. The Balaban J connectivity index is 1.82. The molecular formula is C22H18N2O4S. The topological polar surface area (TPSA) is 83.6 Å². The van der Waals surface area contributed by atoms with E-state index in [1.165, 1.54) is 31.2 Å². The summed E-state index contributed by atoms with van der Waals surface area (Å²) in [6, 6.07) is 20.1. The number of nitrogens with zero attached hydrogens (tertiary/aromatic N) is 1. The summed E-state index contributed by atoms with van der Waals surface area (Å²) in [5.41, 5.74) is 2.85. The molecule has 0 saturated carbocycles. The van der Waals surface area contributed by atoms with Crippen LogP contribution >= 0.6 is 0 Å². The van der Waals surface area contributed by atoms with E-state index in [0.717, 1.165) is 4.31 Å². The third kappa shape index (κ3) is 3.40. The standard InChI is InChI=1S/C22H18N2O4S/c1-15(25)23-16-10-12-17(13-11-16)29(27,28)24-14-22(26)20-8-3-2-6-18(20)19-7-4-5-9-21(19)24/h2-13H,14H2,1H3,(H,23,25). The molecule has 29 heavy (non-hydrogen) atoms. The van der Waals surface area contributed by atoms with Crippen molar-refractivity contribution in [2.75, 3.05) is 16.2 Å². The Morgan fingerprint density at radius 3 is 2.10 bits per heavy atom. The number of hydrogen-bond acceptors (Lipinski definition) is 4. The largest absolute Gasteiger partial charge is 0.326 e. The number of nitrogens with one attached hydrogen (secondary N) is 1. The molecule has 0 bridgehead atoms. The number of anilines is 2. The monoisotopic (exact) mass is 406 g/mol. The van der Waals surface area contributed by atoms with E-state index in [-0.39, 0.29) is 23.1 Å². The van der Waals surface area contributed by atoms with Gasteiger partial charge in [-0.3, -0.25) is 13.9 Å². The van der Waals surface area contributed by atoms with Gasteiger partial charge in [-0.25, -0.2) is 8.42 Å². The Hall–Kier alpha value is -3.45. The maximum atomic E-state index is 13.4. The third-order valence-corrected chi connectivity index (χ3v) is 6.51. The number of rotatable bonds is 3. The van der Waals surface area contributed by atoms with E-state index in [4.69, 9.17) is 0 Å². The normalized spacial score (nSPS) is 13.3. The molecule has 1 amide bonds. The molecule has 0 unspecified atom stereocenters. The van der Waals surface area contributed by atoms with Crippen molar-refractivity contribution in [2.45, 2.75) is 11.8 Å². The molecule has 1 N–H and O–H groups in total. The van der Waals surface area contributed by atoms with Crippen LogP contribution in [0.4, 0.5) is 11.4 Å². The zero-order chi connectivity index (χ0) is 20.6. The van der Waals surface area contributed by atoms with Crippen molar-refractivity contribution in [3.05, 3.63) is 78.4 Å². The first-order valence-corrected chi connectivity index (χ1v) is 10.4. The molecule has 1 aliphatic rings. The molecule has 1 aliphatic heterocycles. The molecule has 0 fully saturated rings. The summed E-state index contributed by atoms with van der Waals surface area (Å²) < 4.78 is 28.0. The van der Waals surface area contributed by atoms with Crippen molar-refractivity contribution in [1.29, 1.82) is 0 Å². The number of Topliss-reactive ketones (excluding diaryl/α,β-unsaturated/α-hetero) is 1. The van der Waals surface area contributed by atoms with E-state index in [1.54, 1.807) is 24.3 Å². The van der Waals surface area contributed by atoms with Gasteiger partial charge < -0.3 is 5.32 Å². The Morgan fingerprint density at radius 2 is 1.45 bits per heavy atom. The summed E-state index contributed by atoms with van der Waals surface area (Å²) in [4.78, 5) is 24.1. The van der Waals surface area contributed by atoms with Crippen LogP contribution in [0.15, 0.2) is 77.7 Å². The highest BCUT2D eigenvalue weighted by atomic mass is 32.2. The van der Waals surface area contributed by atoms with Crippen molar-refractivity contribution < 1.29 is 18.0 Å². The van der Waals surface area contributed by atoms with E-state index in [1.807, 2.05) is 24.3 Å². The van der Waals surface area contributed by atoms with Crippen LogP contribution in [0.3, 0.4) is 0 Å². The maximum absolute atomic E-state index is 13.4. The quantitative estimate of drug-likeness (QED) is 0.719. The summed E-state index contributed by atoms with van der Waals surface area (Å²) >= 11 is 0. The van der Waals surface area contributed by atoms with Gasteiger partial charge in [0.15, 0.2) is 5.78 Å². The second-order valence-corrected chi connectivity index (χ2v) is 8.57. The maximum Gasteiger partial charge on any atom is 0.264 e. The Kier molecular flexibility index (Phi) is 4.68. The van der Waals surface area contributed by atoms with Gasteiger partial charge in [-0.15, -0.1) is 0 Å². The Labute approximate surface area is 168 Å². The van der Waals surface area contributed by atoms with Gasteiger partial charge in [-0.1, -0.05) is 42.5 Å². The van der Waals surface area contributed by atoms with E-state index in [0.29, 0.717) is 28.1 Å². The highest BCUT2D eigenvalue weighted by Crippen LogP contribution is 2.38. The lowest BCUT2D eigenvalue weighted by atomic mass is 9.97. The number of amides is 1. The van der Waals surface area contributed by atoms with Gasteiger partial charge in [0.1, 0.15) is 0 Å². The van der Waals surface area contributed by atoms with Crippen molar-refractivity contribution in [1.82, 2.24) is 0 Å². The molecule has 7 heteroatoms. The first-order chi connectivity index (χ1) is 13.9. The Bertz CT molecular complexity index is 1220. The summed E-state index contributed by atoms with van der Waals surface area (Å²) in [7, 11) is -3.99. The molecule has 6 nitrogen and oxygen atoms in total. The van der Waals surface area contributed by atoms with Crippen molar-refractivity contribution >= 4 is 33.1 Å². The summed E-state index contributed by atoms with van der Waals surface area (Å²) in [6.07, 6.45) is 0. The van der Waals surface area contributed by atoms with Crippen LogP contribution in [-0.4, -0.2) is 26.7 Å².